The molecule has 1 saturated heterocycles. The van der Waals surface area contributed by atoms with Crippen molar-refractivity contribution in [2.45, 2.75) is 18.2 Å². The summed E-state index contributed by atoms with van der Waals surface area (Å²) in [6.45, 7) is 1.02. The van der Waals surface area contributed by atoms with E-state index in [1.807, 2.05) is 0 Å². The maximum atomic E-state index is 9.03. The Morgan fingerprint density at radius 3 is 2.44 bits per heavy atom. The number of rotatable bonds is 0. The minimum atomic E-state index is -0.758. The Labute approximate surface area is 53.7 Å². The molecular weight excluding hydrogens is 120 g/mol. The van der Waals surface area contributed by atoms with Gasteiger partial charge in [0.1, 0.15) is 0 Å². The van der Waals surface area contributed by atoms with Crippen molar-refractivity contribution in [1.29, 1.82) is 0 Å². The first-order chi connectivity index (χ1) is 4.22. The van der Waals surface area contributed by atoms with Gasteiger partial charge in [0, 0.05) is 19.1 Å². The highest BCUT2D eigenvalue weighted by Crippen LogP contribution is 2.00. The average molecular weight is 132 g/mol. The van der Waals surface area contributed by atoms with E-state index in [4.69, 9.17) is 15.9 Å². The van der Waals surface area contributed by atoms with Crippen LogP contribution in [0.15, 0.2) is 0 Å². The van der Waals surface area contributed by atoms with E-state index in [-0.39, 0.29) is 6.04 Å². The van der Waals surface area contributed by atoms with Crippen molar-refractivity contribution >= 4 is 0 Å². The molecule has 0 radical (unpaired) electrons. The van der Waals surface area contributed by atoms with Gasteiger partial charge >= 0.3 is 0 Å². The van der Waals surface area contributed by atoms with Crippen LogP contribution >= 0.6 is 0 Å². The lowest BCUT2D eigenvalue weighted by Crippen LogP contribution is -2.57. The molecular formula is C5H12N2O2. The lowest BCUT2D eigenvalue weighted by atomic mass is 10.0. The van der Waals surface area contributed by atoms with Gasteiger partial charge in [0.15, 0.2) is 0 Å². The minimum Gasteiger partial charge on any atom is -0.389 e. The molecule has 1 heterocycles. The predicted octanol–water partition coefficient (Wildman–Crippen LogP) is -2.36. The fourth-order valence-electron chi connectivity index (χ4n) is 0.925. The Kier molecular flexibility index (Phi) is 2.02. The van der Waals surface area contributed by atoms with Crippen LogP contribution in [0.2, 0.25) is 0 Å². The highest BCUT2D eigenvalue weighted by atomic mass is 16.3. The molecule has 1 aliphatic rings. The number of aliphatic hydroxyl groups is 2. The van der Waals surface area contributed by atoms with E-state index in [1.165, 1.54) is 0 Å². The quantitative estimate of drug-likeness (QED) is 0.297. The van der Waals surface area contributed by atoms with Crippen LogP contribution in [0.25, 0.3) is 0 Å². The third-order valence-corrected chi connectivity index (χ3v) is 1.57. The summed E-state index contributed by atoms with van der Waals surface area (Å²) >= 11 is 0. The Morgan fingerprint density at radius 2 is 2.00 bits per heavy atom. The monoisotopic (exact) mass is 132 g/mol. The Morgan fingerprint density at radius 1 is 1.33 bits per heavy atom. The molecule has 0 bridgehead atoms. The molecule has 4 nitrogen and oxygen atoms in total. The molecule has 54 valence electrons. The molecule has 1 fully saturated rings. The first-order valence-electron chi connectivity index (χ1n) is 3.04. The Hall–Kier alpha value is -0.160. The Bertz CT molecular complexity index is 89.0. The normalized spacial score (nSPS) is 45.0. The van der Waals surface area contributed by atoms with E-state index in [0.717, 1.165) is 0 Å². The molecule has 0 aromatic heterocycles. The van der Waals surface area contributed by atoms with Gasteiger partial charge in [-0.15, -0.1) is 0 Å². The average Bonchev–Trinajstić information content (AvgIpc) is 1.83. The molecule has 3 atom stereocenters. The van der Waals surface area contributed by atoms with E-state index < -0.39 is 12.2 Å². The predicted molar refractivity (Wildman–Crippen MR) is 32.9 cm³/mol. The fraction of sp³-hybridized carbons (Fsp3) is 1.00. The lowest BCUT2D eigenvalue weighted by molar-refractivity contribution is -0.0113. The van der Waals surface area contributed by atoms with Crippen molar-refractivity contribution in [1.82, 2.24) is 5.32 Å². The fourth-order valence-corrected chi connectivity index (χ4v) is 0.925. The molecule has 5 N–H and O–H groups in total. The van der Waals surface area contributed by atoms with Crippen LogP contribution < -0.4 is 11.1 Å². The molecule has 0 aliphatic carbocycles. The van der Waals surface area contributed by atoms with Crippen LogP contribution in [-0.4, -0.2) is 41.6 Å². The maximum Gasteiger partial charge on any atom is 0.0974 e. The van der Waals surface area contributed by atoms with Gasteiger partial charge in [0.2, 0.25) is 0 Å². The molecule has 0 unspecified atom stereocenters. The first-order valence-corrected chi connectivity index (χ1v) is 3.04. The lowest BCUT2D eigenvalue weighted by Gasteiger charge is -2.29. The summed E-state index contributed by atoms with van der Waals surface area (Å²) in [7, 11) is 0. The van der Waals surface area contributed by atoms with Gasteiger partial charge in [-0.1, -0.05) is 0 Å². The van der Waals surface area contributed by atoms with E-state index in [9.17, 15) is 0 Å². The van der Waals surface area contributed by atoms with Gasteiger partial charge < -0.3 is 21.3 Å². The summed E-state index contributed by atoms with van der Waals surface area (Å²) in [5.74, 6) is 0. The SMILES string of the molecule is N[C@@H]1CNC[C@H](O)[C@@H]1O. The number of β-amino-alcohol motifs (C(OH)–C–C–N with tert-alkyl or cyclic N) is 1. The van der Waals surface area contributed by atoms with Gasteiger partial charge in [-0.3, -0.25) is 0 Å². The third kappa shape index (κ3) is 1.40. The molecule has 0 amide bonds. The second-order valence-corrected chi connectivity index (χ2v) is 2.38. The van der Waals surface area contributed by atoms with Crippen molar-refractivity contribution in [2.75, 3.05) is 13.1 Å². The number of piperidine rings is 1. The van der Waals surface area contributed by atoms with Gasteiger partial charge in [0.25, 0.3) is 0 Å². The molecule has 9 heavy (non-hydrogen) atoms. The summed E-state index contributed by atoms with van der Waals surface area (Å²) in [4.78, 5) is 0. The van der Waals surface area contributed by atoms with Crippen LogP contribution in [-0.2, 0) is 0 Å². The topological polar surface area (TPSA) is 78.5 Å². The first kappa shape index (κ1) is 6.95. The molecule has 4 heteroatoms. The van der Waals surface area contributed by atoms with Crippen LogP contribution in [0.1, 0.15) is 0 Å². The van der Waals surface area contributed by atoms with Gasteiger partial charge in [0.05, 0.1) is 12.2 Å². The molecule has 1 aliphatic heterocycles. The zero-order chi connectivity index (χ0) is 6.85. The van der Waals surface area contributed by atoms with Gasteiger partial charge in [-0.2, -0.15) is 0 Å². The van der Waals surface area contributed by atoms with E-state index in [0.29, 0.717) is 13.1 Å². The molecule has 0 saturated carbocycles. The van der Waals surface area contributed by atoms with E-state index >= 15 is 0 Å². The van der Waals surface area contributed by atoms with Crippen molar-refractivity contribution in [3.05, 3.63) is 0 Å². The number of hydrogen-bond acceptors (Lipinski definition) is 4. The Balaban J connectivity index is 2.41. The number of hydrogen-bond donors (Lipinski definition) is 4. The van der Waals surface area contributed by atoms with E-state index in [2.05, 4.69) is 5.32 Å². The number of nitrogens with two attached hydrogens (primary N) is 1. The van der Waals surface area contributed by atoms with Crippen molar-refractivity contribution in [3.8, 4) is 0 Å². The largest absolute Gasteiger partial charge is 0.389 e. The highest BCUT2D eigenvalue weighted by Gasteiger charge is 2.26. The summed E-state index contributed by atoms with van der Waals surface area (Å²) in [6, 6.07) is -0.325. The summed E-state index contributed by atoms with van der Waals surface area (Å²) < 4.78 is 0. The van der Waals surface area contributed by atoms with Crippen LogP contribution in [0, 0.1) is 0 Å². The molecule has 0 spiro atoms. The van der Waals surface area contributed by atoms with Gasteiger partial charge in [-0.05, 0) is 0 Å². The summed E-state index contributed by atoms with van der Waals surface area (Å²) in [5, 5.41) is 20.9. The van der Waals surface area contributed by atoms with Gasteiger partial charge in [-0.25, -0.2) is 0 Å². The highest BCUT2D eigenvalue weighted by molar-refractivity contribution is 4.86. The summed E-state index contributed by atoms with van der Waals surface area (Å²) in [5.41, 5.74) is 5.40. The third-order valence-electron chi connectivity index (χ3n) is 1.57. The zero-order valence-electron chi connectivity index (χ0n) is 5.12. The number of nitrogens with one attached hydrogen (secondary N) is 1. The zero-order valence-corrected chi connectivity index (χ0v) is 5.12. The second kappa shape index (κ2) is 2.62. The van der Waals surface area contributed by atoms with Crippen LogP contribution in [0.3, 0.4) is 0 Å². The second-order valence-electron chi connectivity index (χ2n) is 2.38. The van der Waals surface area contributed by atoms with Crippen molar-refractivity contribution in [3.63, 3.8) is 0 Å². The van der Waals surface area contributed by atoms with E-state index in [1.54, 1.807) is 0 Å². The molecule has 1 rings (SSSR count). The molecule has 0 aromatic carbocycles. The number of aliphatic hydroxyl groups excluding tert-OH is 2. The van der Waals surface area contributed by atoms with Crippen LogP contribution in [0.5, 0.6) is 0 Å². The van der Waals surface area contributed by atoms with Crippen molar-refractivity contribution < 1.29 is 10.2 Å². The smallest absolute Gasteiger partial charge is 0.0974 e. The summed E-state index contributed by atoms with van der Waals surface area (Å²) in [6.07, 6.45) is -1.46. The standard InChI is InChI=1S/C5H12N2O2/c6-3-1-7-2-4(8)5(3)9/h3-5,7-9H,1-2,6H2/t3-,4+,5-/m1/s1. The molecule has 0 aromatic rings. The maximum absolute atomic E-state index is 9.03. The van der Waals surface area contributed by atoms with Crippen molar-refractivity contribution in [2.24, 2.45) is 5.73 Å². The minimum absolute atomic E-state index is 0.325. The van der Waals surface area contributed by atoms with Crippen LogP contribution in [0.4, 0.5) is 0 Å².